The van der Waals surface area contributed by atoms with Crippen LogP contribution in [0.15, 0.2) is 0 Å². The second-order valence-electron chi connectivity index (χ2n) is 4.67. The number of hydroxylamine groups is 2. The van der Waals surface area contributed by atoms with E-state index in [-0.39, 0.29) is 11.1 Å². The molecule has 0 radical (unpaired) electrons. The van der Waals surface area contributed by atoms with E-state index in [1.165, 1.54) is 5.06 Å². The van der Waals surface area contributed by atoms with Gasteiger partial charge in [0.05, 0.1) is 11.1 Å². The van der Waals surface area contributed by atoms with Gasteiger partial charge in [-0.3, -0.25) is 0 Å². The Labute approximate surface area is 76.9 Å². The van der Waals surface area contributed by atoms with E-state index in [1.54, 1.807) is 0 Å². The second-order valence-corrected chi connectivity index (χ2v) is 6.12. The van der Waals surface area contributed by atoms with Gasteiger partial charge in [0.2, 0.25) is 0 Å². The molecule has 0 atom stereocenters. The first kappa shape index (κ1) is 10.3. The summed E-state index contributed by atoms with van der Waals surface area (Å²) in [5.41, 5.74) is -0.737. The van der Waals surface area contributed by atoms with Crippen molar-refractivity contribution in [2.45, 2.75) is 38.8 Å². The minimum atomic E-state index is -0.801. The smallest absolute Gasteiger partial charge is 0.125 e. The van der Waals surface area contributed by atoms with Crippen LogP contribution >= 0.6 is 0 Å². The molecule has 1 heterocycles. The predicted molar refractivity (Wildman–Crippen MR) is 49.7 cm³/mol. The third-order valence-electron chi connectivity index (χ3n) is 2.18. The summed E-state index contributed by atoms with van der Waals surface area (Å²) in [4.78, 5) is 0. The van der Waals surface area contributed by atoms with Crippen LogP contribution in [0, 0.1) is 0 Å². The lowest BCUT2D eigenvalue weighted by molar-refractivity contribution is -0.214. The lowest BCUT2D eigenvalue weighted by Gasteiger charge is -2.47. The monoisotopic (exact) mass is 191 g/mol. The Balaban J connectivity index is 2.84. The molecule has 1 saturated heterocycles. The highest BCUT2D eigenvalue weighted by atomic mass is 32.2. The first-order valence-electron chi connectivity index (χ1n) is 4.10. The molecule has 72 valence electrons. The van der Waals surface area contributed by atoms with Gasteiger partial charge in [-0.25, -0.2) is 0 Å². The molecule has 1 fully saturated rings. The van der Waals surface area contributed by atoms with Crippen molar-refractivity contribution in [2.24, 2.45) is 0 Å². The zero-order valence-corrected chi connectivity index (χ0v) is 8.94. The lowest BCUT2D eigenvalue weighted by Crippen LogP contribution is -2.64. The number of hydrogen-bond donors (Lipinski definition) is 1. The fourth-order valence-electron chi connectivity index (χ4n) is 1.78. The van der Waals surface area contributed by atoms with Crippen molar-refractivity contribution in [3.8, 4) is 0 Å². The van der Waals surface area contributed by atoms with Gasteiger partial charge in [-0.15, -0.1) is 0 Å². The van der Waals surface area contributed by atoms with E-state index < -0.39 is 11.2 Å². The second kappa shape index (κ2) is 2.87. The highest BCUT2D eigenvalue weighted by Gasteiger charge is 2.47. The maximum absolute atomic E-state index is 11.4. The van der Waals surface area contributed by atoms with E-state index in [1.807, 2.05) is 27.7 Å². The maximum Gasteiger partial charge on any atom is 0.125 e. The molecule has 0 unspecified atom stereocenters. The highest BCUT2D eigenvalue weighted by molar-refractivity contribution is 7.91. The van der Waals surface area contributed by atoms with Crippen LogP contribution in [-0.2, 0) is 11.2 Å². The Morgan fingerprint density at radius 1 is 1.17 bits per heavy atom. The molecule has 3 nitrogen and oxygen atoms in total. The molecule has 1 aliphatic rings. The van der Waals surface area contributed by atoms with Crippen molar-refractivity contribution in [2.75, 3.05) is 11.5 Å². The zero-order chi connectivity index (χ0) is 9.57. The molecular weight excluding hydrogens is 174 g/mol. The molecule has 0 aromatic carbocycles. The third kappa shape index (κ3) is 1.76. The summed E-state index contributed by atoms with van der Waals surface area (Å²) < 4.78 is 11.4. The SMILES string of the molecule is CC1(C)C[S+]([O-])CC(C)(C)N1O. The molecule has 1 aliphatic heterocycles. The molecular formula is C8H17NO2S. The topological polar surface area (TPSA) is 46.5 Å². The molecule has 0 spiro atoms. The fourth-order valence-corrected chi connectivity index (χ4v) is 3.70. The molecule has 1 N–H and O–H groups in total. The Morgan fingerprint density at radius 3 is 1.83 bits per heavy atom. The van der Waals surface area contributed by atoms with Crippen LogP contribution in [0.1, 0.15) is 27.7 Å². The van der Waals surface area contributed by atoms with Crippen LogP contribution in [-0.4, -0.2) is 37.4 Å². The van der Waals surface area contributed by atoms with Crippen molar-refractivity contribution in [1.29, 1.82) is 0 Å². The van der Waals surface area contributed by atoms with Gasteiger partial charge in [-0.2, -0.15) is 5.06 Å². The first-order valence-corrected chi connectivity index (χ1v) is 5.59. The molecule has 0 saturated carbocycles. The average Bonchev–Trinajstić information content (AvgIpc) is 1.80. The standard InChI is InChI=1S/C8H17NO2S/c1-7(2)5-12(11)6-8(3,4)9(7)10/h10H,5-6H2,1-4H3. The zero-order valence-electron chi connectivity index (χ0n) is 8.13. The average molecular weight is 191 g/mol. The maximum atomic E-state index is 11.4. The van der Waals surface area contributed by atoms with Gasteiger partial charge >= 0.3 is 0 Å². The van der Waals surface area contributed by atoms with Gasteiger partial charge in [0.1, 0.15) is 11.5 Å². The largest absolute Gasteiger partial charge is 0.616 e. The van der Waals surface area contributed by atoms with E-state index >= 15 is 0 Å². The number of nitrogens with zero attached hydrogens (tertiary/aromatic N) is 1. The summed E-state index contributed by atoms with van der Waals surface area (Å²) in [6, 6.07) is 0. The fraction of sp³-hybridized carbons (Fsp3) is 1.00. The van der Waals surface area contributed by atoms with Gasteiger partial charge in [0, 0.05) is 0 Å². The lowest BCUT2D eigenvalue weighted by atomic mass is 9.99. The summed E-state index contributed by atoms with van der Waals surface area (Å²) >= 11 is -0.801. The normalized spacial score (nSPS) is 30.5. The van der Waals surface area contributed by atoms with E-state index in [4.69, 9.17) is 0 Å². The van der Waals surface area contributed by atoms with Crippen molar-refractivity contribution in [3.05, 3.63) is 0 Å². The summed E-state index contributed by atoms with van der Waals surface area (Å²) in [7, 11) is 0. The van der Waals surface area contributed by atoms with Gasteiger partial charge in [-0.05, 0) is 38.9 Å². The van der Waals surface area contributed by atoms with Crippen LogP contribution < -0.4 is 0 Å². The predicted octanol–water partition coefficient (Wildman–Crippen LogP) is 0.997. The summed E-state index contributed by atoms with van der Waals surface area (Å²) in [5, 5.41) is 11.1. The molecule has 4 heteroatoms. The molecule has 0 aliphatic carbocycles. The van der Waals surface area contributed by atoms with Gasteiger partial charge in [-0.1, -0.05) is 0 Å². The first-order chi connectivity index (χ1) is 5.26. The molecule has 0 bridgehead atoms. The van der Waals surface area contributed by atoms with E-state index in [9.17, 15) is 9.76 Å². The van der Waals surface area contributed by atoms with Crippen LogP contribution in [0.3, 0.4) is 0 Å². The molecule has 1 rings (SSSR count). The molecule has 0 aromatic rings. The number of hydrogen-bond acceptors (Lipinski definition) is 3. The van der Waals surface area contributed by atoms with Crippen LogP contribution in [0.4, 0.5) is 0 Å². The Kier molecular flexibility index (Phi) is 2.47. The Morgan fingerprint density at radius 2 is 1.50 bits per heavy atom. The number of rotatable bonds is 0. The molecule has 0 aromatic heterocycles. The summed E-state index contributed by atoms with van der Waals surface area (Å²) in [6.07, 6.45) is 0. The van der Waals surface area contributed by atoms with Gasteiger partial charge in [0.25, 0.3) is 0 Å². The van der Waals surface area contributed by atoms with E-state index in [0.717, 1.165) is 0 Å². The van der Waals surface area contributed by atoms with Crippen molar-refractivity contribution in [1.82, 2.24) is 5.06 Å². The summed E-state index contributed by atoms with van der Waals surface area (Å²) in [6.45, 7) is 7.63. The Bertz CT molecular complexity index is 164. The minimum absolute atomic E-state index is 0.368. The highest BCUT2D eigenvalue weighted by Crippen LogP contribution is 2.31. The van der Waals surface area contributed by atoms with Crippen LogP contribution in [0.25, 0.3) is 0 Å². The third-order valence-corrected chi connectivity index (χ3v) is 4.23. The molecule has 12 heavy (non-hydrogen) atoms. The van der Waals surface area contributed by atoms with Gasteiger partial charge in [0.15, 0.2) is 0 Å². The molecule has 0 amide bonds. The quantitative estimate of drug-likeness (QED) is 0.581. The van der Waals surface area contributed by atoms with Crippen molar-refractivity contribution < 1.29 is 9.76 Å². The van der Waals surface area contributed by atoms with Crippen LogP contribution in [0.2, 0.25) is 0 Å². The summed E-state index contributed by atoms with van der Waals surface area (Å²) in [5.74, 6) is 1.10. The van der Waals surface area contributed by atoms with Crippen molar-refractivity contribution >= 4 is 11.2 Å². The van der Waals surface area contributed by atoms with E-state index in [2.05, 4.69) is 0 Å². The minimum Gasteiger partial charge on any atom is -0.616 e. The van der Waals surface area contributed by atoms with Crippen LogP contribution in [0.5, 0.6) is 0 Å². The van der Waals surface area contributed by atoms with E-state index in [0.29, 0.717) is 11.5 Å². The van der Waals surface area contributed by atoms with Crippen molar-refractivity contribution in [3.63, 3.8) is 0 Å². The Hall–Kier alpha value is 0.230. The van der Waals surface area contributed by atoms with Gasteiger partial charge < -0.3 is 9.76 Å².